The van der Waals surface area contributed by atoms with E-state index in [9.17, 15) is 18.0 Å². The number of thiophene rings is 1. The summed E-state index contributed by atoms with van der Waals surface area (Å²) in [6.07, 6.45) is -3.89. The molecular weight excluding hydrogens is 305 g/mol. The first-order valence-corrected chi connectivity index (χ1v) is 6.80. The average molecular weight is 316 g/mol. The van der Waals surface area contributed by atoms with Crippen molar-refractivity contribution in [2.75, 3.05) is 0 Å². The number of aromatic nitrogens is 1. The highest BCUT2D eigenvalue weighted by atomic mass is 32.1. The number of primary amides is 1. The van der Waals surface area contributed by atoms with Crippen LogP contribution in [0.15, 0.2) is 29.6 Å². The molecule has 0 fully saturated rings. The first-order valence-electron chi connectivity index (χ1n) is 5.92. The topological polar surface area (TPSA) is 65.2 Å². The number of pyridine rings is 1. The number of amides is 1. The lowest BCUT2D eigenvalue weighted by atomic mass is 10.2. The van der Waals surface area contributed by atoms with E-state index < -0.39 is 17.0 Å². The minimum atomic E-state index is -4.39. The van der Waals surface area contributed by atoms with E-state index in [0.29, 0.717) is 23.5 Å². The molecule has 2 N–H and O–H groups in total. The molecule has 4 nitrogen and oxygen atoms in total. The van der Waals surface area contributed by atoms with Gasteiger partial charge in [-0.3, -0.25) is 4.79 Å². The monoisotopic (exact) mass is 316 g/mol. The van der Waals surface area contributed by atoms with Crippen molar-refractivity contribution < 1.29 is 22.7 Å². The van der Waals surface area contributed by atoms with Crippen molar-refractivity contribution >= 4 is 17.2 Å². The maximum atomic E-state index is 12.5. The molecule has 1 amide bonds. The molecule has 0 saturated heterocycles. The Morgan fingerprint density at radius 2 is 2.14 bits per heavy atom. The van der Waals surface area contributed by atoms with Crippen molar-refractivity contribution in [3.63, 3.8) is 0 Å². The molecule has 0 spiro atoms. The third-order valence-electron chi connectivity index (χ3n) is 2.49. The number of nitrogens with zero attached hydrogens (tertiary/aromatic N) is 1. The van der Waals surface area contributed by atoms with Gasteiger partial charge in [0.25, 0.3) is 0 Å². The van der Waals surface area contributed by atoms with Crippen molar-refractivity contribution in [1.82, 2.24) is 4.98 Å². The molecule has 2 aromatic heterocycles. The predicted octanol–water partition coefficient (Wildman–Crippen LogP) is 3.37. The van der Waals surface area contributed by atoms with Crippen LogP contribution in [0.3, 0.4) is 0 Å². The molecule has 0 radical (unpaired) electrons. The maximum absolute atomic E-state index is 12.5. The largest absolute Gasteiger partial charge is 0.438 e. The smallest absolute Gasteiger partial charge is 0.425 e. The summed E-state index contributed by atoms with van der Waals surface area (Å²) in [6.45, 7) is 0. The van der Waals surface area contributed by atoms with E-state index in [1.165, 1.54) is 11.4 Å². The van der Waals surface area contributed by atoms with Gasteiger partial charge in [-0.1, -0.05) is 6.07 Å². The van der Waals surface area contributed by atoms with Gasteiger partial charge in [0.05, 0.1) is 0 Å². The van der Waals surface area contributed by atoms with E-state index in [0.717, 1.165) is 6.07 Å². The molecular formula is C13H11F3N2O2S. The van der Waals surface area contributed by atoms with E-state index in [1.54, 1.807) is 12.1 Å². The summed E-state index contributed by atoms with van der Waals surface area (Å²) in [7, 11) is 0. The summed E-state index contributed by atoms with van der Waals surface area (Å²) >= 11 is 0.555. The highest BCUT2D eigenvalue weighted by Gasteiger charge is 2.32. The Balaban J connectivity index is 2.07. The molecule has 0 atom stereocenters. The van der Waals surface area contributed by atoms with Crippen LogP contribution in [0.2, 0.25) is 0 Å². The fraction of sp³-hybridized carbons (Fsp3) is 0.231. The van der Waals surface area contributed by atoms with Crippen LogP contribution in [0, 0.1) is 0 Å². The van der Waals surface area contributed by atoms with Gasteiger partial charge in [-0.05, 0) is 12.5 Å². The Kier molecular flexibility index (Phi) is 4.46. The zero-order chi connectivity index (χ0) is 15.5. The number of rotatable bonds is 5. The summed E-state index contributed by atoms with van der Waals surface area (Å²) in [5.41, 5.74) is 5.62. The molecule has 0 aliphatic carbocycles. The van der Waals surface area contributed by atoms with Crippen LogP contribution in [0.4, 0.5) is 13.2 Å². The minimum Gasteiger partial charge on any atom is -0.438 e. The Labute approximate surface area is 122 Å². The summed E-state index contributed by atoms with van der Waals surface area (Å²) in [5.74, 6) is -0.203. The highest BCUT2D eigenvalue weighted by Crippen LogP contribution is 2.37. The molecule has 0 aromatic carbocycles. The Morgan fingerprint density at radius 1 is 1.38 bits per heavy atom. The third kappa shape index (κ3) is 4.45. The van der Waals surface area contributed by atoms with Crippen molar-refractivity contribution in [2.45, 2.75) is 19.0 Å². The van der Waals surface area contributed by atoms with E-state index >= 15 is 0 Å². The minimum absolute atomic E-state index is 0.0758. The molecule has 0 aliphatic rings. The summed E-state index contributed by atoms with van der Waals surface area (Å²) in [6, 6.07) is 5.78. The quantitative estimate of drug-likeness (QED) is 0.919. The molecule has 8 heteroatoms. The Hall–Kier alpha value is -2.09. The van der Waals surface area contributed by atoms with Gasteiger partial charge in [0, 0.05) is 29.6 Å². The lowest BCUT2D eigenvalue weighted by Gasteiger charge is -2.04. The van der Waals surface area contributed by atoms with Gasteiger partial charge in [0.1, 0.15) is 10.6 Å². The number of aryl methyl sites for hydroxylation is 1. The molecule has 0 saturated carbocycles. The first-order chi connectivity index (χ1) is 9.84. The number of hydrogen-bond acceptors (Lipinski definition) is 4. The normalized spacial score (nSPS) is 11.4. The SMILES string of the molecule is NC(=O)CCc1cccc(Oc2csc(C(F)(F)F)c2)n1. The lowest BCUT2D eigenvalue weighted by molar-refractivity contribution is -0.134. The average Bonchev–Trinajstić information content (AvgIpc) is 2.85. The van der Waals surface area contributed by atoms with Gasteiger partial charge in [-0.15, -0.1) is 11.3 Å². The lowest BCUT2D eigenvalue weighted by Crippen LogP contribution is -2.11. The van der Waals surface area contributed by atoms with Crippen LogP contribution < -0.4 is 10.5 Å². The number of ether oxygens (including phenoxy) is 1. The second kappa shape index (κ2) is 6.13. The third-order valence-corrected chi connectivity index (χ3v) is 3.44. The standard InChI is InChI=1S/C13H11F3N2O2S/c14-13(15,16)10-6-9(7-21-10)20-12-3-1-2-8(18-12)4-5-11(17)19/h1-3,6-7H,4-5H2,(H2,17,19). The number of alkyl halides is 3. The fourth-order valence-electron chi connectivity index (χ4n) is 1.55. The number of hydrogen-bond donors (Lipinski definition) is 1. The molecule has 21 heavy (non-hydrogen) atoms. The van der Waals surface area contributed by atoms with Crippen molar-refractivity contribution in [1.29, 1.82) is 0 Å². The van der Waals surface area contributed by atoms with Gasteiger partial charge >= 0.3 is 6.18 Å². The zero-order valence-electron chi connectivity index (χ0n) is 10.7. The molecule has 0 unspecified atom stereocenters. The van der Waals surface area contributed by atoms with Crippen molar-refractivity contribution in [3.05, 3.63) is 40.2 Å². The van der Waals surface area contributed by atoms with E-state index in [-0.39, 0.29) is 18.1 Å². The highest BCUT2D eigenvalue weighted by molar-refractivity contribution is 7.10. The fourth-order valence-corrected chi connectivity index (χ4v) is 2.22. The summed E-state index contributed by atoms with van der Waals surface area (Å²) < 4.78 is 42.7. The van der Waals surface area contributed by atoms with Crippen LogP contribution in [-0.2, 0) is 17.4 Å². The van der Waals surface area contributed by atoms with Crippen LogP contribution in [0.1, 0.15) is 17.0 Å². The molecule has 0 bridgehead atoms. The molecule has 2 aromatic rings. The van der Waals surface area contributed by atoms with Gasteiger partial charge in [-0.2, -0.15) is 13.2 Å². The number of carbonyl (C=O) groups is 1. The van der Waals surface area contributed by atoms with Crippen LogP contribution in [0.25, 0.3) is 0 Å². The predicted molar refractivity (Wildman–Crippen MR) is 71.1 cm³/mol. The van der Waals surface area contributed by atoms with Crippen LogP contribution in [0.5, 0.6) is 11.6 Å². The molecule has 2 heterocycles. The first kappa shape index (κ1) is 15.3. The number of nitrogens with two attached hydrogens (primary N) is 1. The Bertz CT molecular complexity index is 640. The van der Waals surface area contributed by atoms with Gasteiger partial charge in [-0.25, -0.2) is 4.98 Å². The maximum Gasteiger partial charge on any atom is 0.425 e. The van der Waals surface area contributed by atoms with Crippen molar-refractivity contribution in [3.8, 4) is 11.6 Å². The summed E-state index contributed by atoms with van der Waals surface area (Å²) in [5, 5.41) is 1.26. The Morgan fingerprint density at radius 3 is 2.76 bits per heavy atom. The van der Waals surface area contributed by atoms with Gasteiger partial charge in [0.15, 0.2) is 0 Å². The van der Waals surface area contributed by atoms with Crippen LogP contribution in [-0.4, -0.2) is 10.9 Å². The second-order valence-electron chi connectivity index (χ2n) is 4.18. The molecule has 112 valence electrons. The van der Waals surface area contributed by atoms with E-state index in [2.05, 4.69) is 4.98 Å². The van der Waals surface area contributed by atoms with Crippen molar-refractivity contribution in [2.24, 2.45) is 5.73 Å². The van der Waals surface area contributed by atoms with E-state index in [1.807, 2.05) is 0 Å². The number of halogens is 3. The molecule has 0 aliphatic heterocycles. The van der Waals surface area contributed by atoms with Gasteiger partial charge < -0.3 is 10.5 Å². The second-order valence-corrected chi connectivity index (χ2v) is 5.09. The molecule has 2 rings (SSSR count). The summed E-state index contributed by atoms with van der Waals surface area (Å²) in [4.78, 5) is 14.1. The van der Waals surface area contributed by atoms with Gasteiger partial charge in [0.2, 0.25) is 11.8 Å². The zero-order valence-corrected chi connectivity index (χ0v) is 11.5. The van der Waals surface area contributed by atoms with Crippen LogP contribution >= 0.6 is 11.3 Å². The van der Waals surface area contributed by atoms with E-state index in [4.69, 9.17) is 10.5 Å². The number of carbonyl (C=O) groups excluding carboxylic acids is 1.